The summed E-state index contributed by atoms with van der Waals surface area (Å²) >= 11 is 11.8. The van der Waals surface area contributed by atoms with E-state index in [1.54, 1.807) is 37.3 Å². The highest BCUT2D eigenvalue weighted by Crippen LogP contribution is 2.36. The lowest BCUT2D eigenvalue weighted by Crippen LogP contribution is -2.54. The fourth-order valence-electron chi connectivity index (χ4n) is 3.72. The highest BCUT2D eigenvalue weighted by Gasteiger charge is 2.37. The molecule has 0 bridgehead atoms. The quantitative estimate of drug-likeness (QED) is 0.170. The minimum Gasteiger partial charge on any atom is -0.490 e. The molecule has 1 aliphatic heterocycles. The second-order valence-electron chi connectivity index (χ2n) is 7.98. The maximum atomic E-state index is 13.3. The molecular formula is C27H21BrClIN2O5. The Bertz CT molecular complexity index is 1440. The van der Waals surface area contributed by atoms with E-state index in [0.29, 0.717) is 46.5 Å². The van der Waals surface area contributed by atoms with Gasteiger partial charge in [-0.15, -0.1) is 0 Å². The standard InChI is InChI=1S/C27H21BrClIN2O5/c1-3-36-23-13-16(12-21(30)24(23)37-14-17-7-4-5-8-19(17)28)11-18-25(33)31-27(35)32(26(18)34)22-10-6-9-20(29)15(22)2/h4-13H,3,14H2,1-2H3,(H,31,33,35)/b18-11+. The lowest BCUT2D eigenvalue weighted by molar-refractivity contribution is -0.122. The number of ether oxygens (including phenoxy) is 2. The van der Waals surface area contributed by atoms with E-state index >= 15 is 0 Å². The number of anilines is 1. The molecule has 4 rings (SSSR count). The number of hydrogen-bond donors (Lipinski definition) is 1. The van der Waals surface area contributed by atoms with Crippen LogP contribution in [0.5, 0.6) is 11.5 Å². The van der Waals surface area contributed by atoms with Crippen molar-refractivity contribution in [3.05, 3.63) is 89.9 Å². The van der Waals surface area contributed by atoms with Crippen molar-refractivity contribution in [1.82, 2.24) is 5.32 Å². The molecule has 1 saturated heterocycles. The number of nitrogens with zero attached hydrogens (tertiary/aromatic N) is 1. The van der Waals surface area contributed by atoms with Crippen LogP contribution >= 0.6 is 50.1 Å². The maximum absolute atomic E-state index is 13.3. The normalized spacial score (nSPS) is 14.7. The molecule has 1 heterocycles. The Morgan fingerprint density at radius 1 is 1.08 bits per heavy atom. The van der Waals surface area contributed by atoms with Gasteiger partial charge in [0.15, 0.2) is 11.5 Å². The van der Waals surface area contributed by atoms with E-state index in [1.807, 2.05) is 31.2 Å². The third-order valence-electron chi connectivity index (χ3n) is 5.55. The summed E-state index contributed by atoms with van der Waals surface area (Å²) in [4.78, 5) is 39.5. The zero-order valence-electron chi connectivity index (χ0n) is 19.8. The second-order valence-corrected chi connectivity index (χ2v) is 10.4. The van der Waals surface area contributed by atoms with Gasteiger partial charge < -0.3 is 9.47 Å². The summed E-state index contributed by atoms with van der Waals surface area (Å²) in [5, 5.41) is 2.64. The summed E-state index contributed by atoms with van der Waals surface area (Å²) in [7, 11) is 0. The molecule has 0 unspecified atom stereocenters. The third kappa shape index (κ3) is 5.83. The van der Waals surface area contributed by atoms with Gasteiger partial charge in [-0.3, -0.25) is 14.9 Å². The van der Waals surface area contributed by atoms with Gasteiger partial charge in [-0.05, 0) is 84.0 Å². The van der Waals surface area contributed by atoms with Gasteiger partial charge in [0, 0.05) is 15.1 Å². The molecule has 1 N–H and O–H groups in total. The third-order valence-corrected chi connectivity index (χ3v) is 7.54. The van der Waals surface area contributed by atoms with Crippen LogP contribution < -0.4 is 19.7 Å². The van der Waals surface area contributed by atoms with Crippen molar-refractivity contribution in [2.75, 3.05) is 11.5 Å². The van der Waals surface area contributed by atoms with Gasteiger partial charge >= 0.3 is 6.03 Å². The maximum Gasteiger partial charge on any atom is 0.335 e. The molecule has 1 fully saturated rings. The van der Waals surface area contributed by atoms with Crippen LogP contribution in [0.2, 0.25) is 5.02 Å². The first-order valence-electron chi connectivity index (χ1n) is 11.2. The van der Waals surface area contributed by atoms with E-state index in [4.69, 9.17) is 21.1 Å². The minimum atomic E-state index is -0.835. The van der Waals surface area contributed by atoms with Crippen molar-refractivity contribution < 1.29 is 23.9 Å². The lowest BCUT2D eigenvalue weighted by Gasteiger charge is -2.27. The topological polar surface area (TPSA) is 84.9 Å². The van der Waals surface area contributed by atoms with Gasteiger partial charge in [-0.1, -0.05) is 51.8 Å². The molecule has 3 aromatic carbocycles. The van der Waals surface area contributed by atoms with E-state index < -0.39 is 17.8 Å². The van der Waals surface area contributed by atoms with Gasteiger partial charge in [0.25, 0.3) is 11.8 Å². The Morgan fingerprint density at radius 2 is 1.84 bits per heavy atom. The number of barbiturate groups is 1. The van der Waals surface area contributed by atoms with Gasteiger partial charge in [0.1, 0.15) is 12.2 Å². The Kier molecular flexibility index (Phi) is 8.56. The number of carbonyl (C=O) groups excluding carboxylic acids is 3. The van der Waals surface area contributed by atoms with Crippen LogP contribution in [-0.4, -0.2) is 24.5 Å². The summed E-state index contributed by atoms with van der Waals surface area (Å²) in [6.45, 7) is 4.25. The van der Waals surface area contributed by atoms with E-state index in [-0.39, 0.29) is 5.57 Å². The first kappa shape index (κ1) is 27.2. The molecule has 0 atom stereocenters. The smallest absolute Gasteiger partial charge is 0.335 e. The molecule has 4 amide bonds. The summed E-state index contributed by atoms with van der Waals surface area (Å²) in [6.07, 6.45) is 1.43. The van der Waals surface area contributed by atoms with Crippen LogP contribution in [0, 0.1) is 10.5 Å². The van der Waals surface area contributed by atoms with Crippen LogP contribution in [0.1, 0.15) is 23.6 Å². The Morgan fingerprint density at radius 3 is 2.57 bits per heavy atom. The van der Waals surface area contributed by atoms with Crippen molar-refractivity contribution in [2.45, 2.75) is 20.5 Å². The molecule has 10 heteroatoms. The van der Waals surface area contributed by atoms with E-state index in [2.05, 4.69) is 43.8 Å². The molecule has 37 heavy (non-hydrogen) atoms. The zero-order chi connectivity index (χ0) is 26.7. The number of nitrogens with one attached hydrogen (secondary N) is 1. The van der Waals surface area contributed by atoms with Gasteiger partial charge in [0.2, 0.25) is 0 Å². The van der Waals surface area contributed by atoms with Crippen LogP contribution in [0.3, 0.4) is 0 Å². The van der Waals surface area contributed by atoms with Crippen molar-refractivity contribution in [3.8, 4) is 11.5 Å². The molecule has 7 nitrogen and oxygen atoms in total. The number of benzene rings is 3. The number of imide groups is 2. The molecule has 0 radical (unpaired) electrons. The Labute approximate surface area is 241 Å². The number of amides is 4. The Hall–Kier alpha value is -2.89. The Balaban J connectivity index is 1.69. The fourth-order valence-corrected chi connectivity index (χ4v) is 5.07. The second kappa shape index (κ2) is 11.7. The van der Waals surface area contributed by atoms with Crippen LogP contribution in [-0.2, 0) is 16.2 Å². The van der Waals surface area contributed by atoms with Crippen LogP contribution in [0.25, 0.3) is 6.08 Å². The van der Waals surface area contributed by atoms with Crippen LogP contribution in [0.4, 0.5) is 10.5 Å². The first-order valence-corrected chi connectivity index (χ1v) is 13.4. The number of carbonyl (C=O) groups is 3. The zero-order valence-corrected chi connectivity index (χ0v) is 24.3. The fraction of sp³-hybridized carbons (Fsp3) is 0.148. The monoisotopic (exact) mass is 694 g/mol. The predicted molar refractivity (Wildman–Crippen MR) is 154 cm³/mol. The number of urea groups is 1. The number of rotatable bonds is 7. The highest BCUT2D eigenvalue weighted by molar-refractivity contribution is 14.1. The first-order chi connectivity index (χ1) is 17.7. The summed E-state index contributed by atoms with van der Waals surface area (Å²) in [6, 6.07) is 15.3. The van der Waals surface area contributed by atoms with Crippen molar-refractivity contribution >= 4 is 79.7 Å². The molecule has 1 aliphatic rings. The highest BCUT2D eigenvalue weighted by atomic mass is 127. The largest absolute Gasteiger partial charge is 0.490 e. The molecular weight excluding hydrogens is 675 g/mol. The van der Waals surface area contributed by atoms with E-state index in [9.17, 15) is 14.4 Å². The average molecular weight is 696 g/mol. The van der Waals surface area contributed by atoms with Gasteiger partial charge in [-0.2, -0.15) is 0 Å². The minimum absolute atomic E-state index is 0.195. The molecule has 190 valence electrons. The number of halogens is 3. The average Bonchev–Trinajstić information content (AvgIpc) is 2.85. The summed E-state index contributed by atoms with van der Waals surface area (Å²) < 4.78 is 13.6. The van der Waals surface area contributed by atoms with Crippen molar-refractivity contribution in [3.63, 3.8) is 0 Å². The van der Waals surface area contributed by atoms with Gasteiger partial charge in [0.05, 0.1) is 15.9 Å². The molecule has 0 saturated carbocycles. The SMILES string of the molecule is CCOc1cc(/C=C2\C(=O)NC(=O)N(c3cccc(Cl)c3C)C2=O)cc(I)c1OCc1ccccc1Br. The van der Waals surface area contributed by atoms with Gasteiger partial charge in [-0.25, -0.2) is 9.69 Å². The lowest BCUT2D eigenvalue weighted by atomic mass is 10.1. The summed E-state index contributed by atoms with van der Waals surface area (Å²) in [5.41, 5.74) is 2.16. The van der Waals surface area contributed by atoms with Crippen LogP contribution in [0.15, 0.2) is 64.6 Å². The van der Waals surface area contributed by atoms with E-state index in [1.165, 1.54) is 6.08 Å². The predicted octanol–water partition coefficient (Wildman–Crippen LogP) is 6.66. The van der Waals surface area contributed by atoms with E-state index in [0.717, 1.165) is 18.5 Å². The molecule has 0 aromatic heterocycles. The molecule has 3 aromatic rings. The number of hydrogen-bond acceptors (Lipinski definition) is 5. The molecule has 0 aliphatic carbocycles. The van der Waals surface area contributed by atoms with Crippen molar-refractivity contribution in [1.29, 1.82) is 0 Å². The van der Waals surface area contributed by atoms with Crippen molar-refractivity contribution in [2.24, 2.45) is 0 Å². The summed E-state index contributed by atoms with van der Waals surface area (Å²) in [5.74, 6) is -0.517. The molecule has 0 spiro atoms.